The fourth-order valence-electron chi connectivity index (χ4n) is 2.59. The first-order chi connectivity index (χ1) is 8.67. The summed E-state index contributed by atoms with van der Waals surface area (Å²) in [5.74, 6) is 1.01. The van der Waals surface area contributed by atoms with E-state index in [1.165, 1.54) is 25.9 Å². The molecule has 1 N–H and O–H groups in total. The van der Waals surface area contributed by atoms with E-state index in [4.69, 9.17) is 0 Å². The van der Waals surface area contributed by atoms with Crippen LogP contribution in [0.4, 0.5) is 0 Å². The van der Waals surface area contributed by atoms with Gasteiger partial charge >= 0.3 is 0 Å². The van der Waals surface area contributed by atoms with Crippen LogP contribution in [0.1, 0.15) is 32.6 Å². The van der Waals surface area contributed by atoms with Crippen LogP contribution in [0.5, 0.6) is 0 Å². The van der Waals surface area contributed by atoms with Gasteiger partial charge in [-0.1, -0.05) is 13.3 Å². The molecule has 106 valence electrons. The summed E-state index contributed by atoms with van der Waals surface area (Å²) in [5.41, 5.74) is 0. The van der Waals surface area contributed by atoms with Gasteiger partial charge in [-0.25, -0.2) is 0 Å². The van der Waals surface area contributed by atoms with E-state index in [2.05, 4.69) is 24.2 Å². The first-order valence-corrected chi connectivity index (χ1v) is 7.28. The van der Waals surface area contributed by atoms with Crippen LogP contribution >= 0.6 is 0 Å². The van der Waals surface area contributed by atoms with Crippen molar-refractivity contribution in [2.75, 3.05) is 46.8 Å². The number of piperidine rings is 1. The number of hydrogen-bond acceptors (Lipinski definition) is 3. The zero-order valence-corrected chi connectivity index (χ0v) is 12.2. The van der Waals surface area contributed by atoms with Gasteiger partial charge in [0, 0.05) is 19.6 Å². The Kier molecular flexibility index (Phi) is 7.28. The van der Waals surface area contributed by atoms with Crippen molar-refractivity contribution < 1.29 is 4.79 Å². The lowest BCUT2D eigenvalue weighted by Gasteiger charge is -2.34. The Bertz CT molecular complexity index is 237. The average molecular weight is 255 g/mol. The van der Waals surface area contributed by atoms with Crippen LogP contribution in [0.25, 0.3) is 0 Å². The average Bonchev–Trinajstić information content (AvgIpc) is 2.37. The second kappa shape index (κ2) is 8.48. The maximum absolute atomic E-state index is 11.7. The van der Waals surface area contributed by atoms with Gasteiger partial charge in [-0.15, -0.1) is 0 Å². The maximum atomic E-state index is 11.7. The Balaban J connectivity index is 2.20. The van der Waals surface area contributed by atoms with Gasteiger partial charge in [0.15, 0.2) is 0 Å². The molecule has 1 heterocycles. The predicted molar refractivity (Wildman–Crippen MR) is 75.6 cm³/mol. The minimum Gasteiger partial charge on any atom is -0.342 e. The van der Waals surface area contributed by atoms with E-state index in [0.717, 1.165) is 31.8 Å². The molecule has 1 fully saturated rings. The van der Waals surface area contributed by atoms with Gasteiger partial charge in [0.2, 0.25) is 5.91 Å². The van der Waals surface area contributed by atoms with Crippen LogP contribution < -0.4 is 5.32 Å². The fraction of sp³-hybridized carbons (Fsp3) is 0.929. The standard InChI is InChI=1S/C14H29N3O/c1-4-5-8-16(3)12-13-6-9-17(10-7-13)14(18)11-15-2/h13,15H,4-12H2,1-3H3. The van der Waals surface area contributed by atoms with Crippen molar-refractivity contribution in [1.29, 1.82) is 0 Å². The number of amides is 1. The molecule has 1 rings (SSSR count). The smallest absolute Gasteiger partial charge is 0.236 e. The molecular formula is C14H29N3O. The van der Waals surface area contributed by atoms with Crippen LogP contribution in [-0.4, -0.2) is 62.5 Å². The zero-order chi connectivity index (χ0) is 13.4. The highest BCUT2D eigenvalue weighted by atomic mass is 16.2. The molecule has 0 spiro atoms. The largest absolute Gasteiger partial charge is 0.342 e. The van der Waals surface area contributed by atoms with Gasteiger partial charge in [0.1, 0.15) is 0 Å². The number of likely N-dealkylation sites (tertiary alicyclic amines) is 1. The van der Waals surface area contributed by atoms with E-state index in [0.29, 0.717) is 6.54 Å². The van der Waals surface area contributed by atoms with Crippen LogP contribution in [0.3, 0.4) is 0 Å². The van der Waals surface area contributed by atoms with Crippen LogP contribution in [0.2, 0.25) is 0 Å². The van der Waals surface area contributed by atoms with Gasteiger partial charge in [-0.2, -0.15) is 0 Å². The quantitative estimate of drug-likeness (QED) is 0.742. The minimum absolute atomic E-state index is 0.246. The number of hydrogen-bond donors (Lipinski definition) is 1. The second-order valence-electron chi connectivity index (χ2n) is 5.47. The highest BCUT2D eigenvalue weighted by molar-refractivity contribution is 5.78. The monoisotopic (exact) mass is 255 g/mol. The third kappa shape index (κ3) is 5.36. The molecule has 18 heavy (non-hydrogen) atoms. The molecule has 0 bridgehead atoms. The summed E-state index contributed by atoms with van der Waals surface area (Å²) in [6.45, 7) is 6.98. The Morgan fingerprint density at radius 3 is 2.61 bits per heavy atom. The predicted octanol–water partition coefficient (Wildman–Crippen LogP) is 1.18. The van der Waals surface area contributed by atoms with Crippen molar-refractivity contribution >= 4 is 5.91 Å². The number of carbonyl (C=O) groups excluding carboxylic acids is 1. The lowest BCUT2D eigenvalue weighted by atomic mass is 9.96. The molecule has 1 aliphatic heterocycles. The summed E-state index contributed by atoms with van der Waals surface area (Å²) in [5, 5.41) is 2.93. The van der Waals surface area contributed by atoms with Crippen molar-refractivity contribution in [2.45, 2.75) is 32.6 Å². The fourth-order valence-corrected chi connectivity index (χ4v) is 2.59. The van der Waals surface area contributed by atoms with E-state index in [9.17, 15) is 4.79 Å². The minimum atomic E-state index is 0.246. The van der Waals surface area contributed by atoms with Crippen LogP contribution in [-0.2, 0) is 4.79 Å². The van der Waals surface area contributed by atoms with E-state index in [-0.39, 0.29) is 5.91 Å². The van der Waals surface area contributed by atoms with Gasteiger partial charge in [-0.05, 0) is 45.8 Å². The summed E-state index contributed by atoms with van der Waals surface area (Å²) in [6.07, 6.45) is 4.87. The second-order valence-corrected chi connectivity index (χ2v) is 5.47. The number of unbranched alkanes of at least 4 members (excludes halogenated alkanes) is 1. The topological polar surface area (TPSA) is 35.6 Å². The molecule has 0 aliphatic carbocycles. The normalized spacial score (nSPS) is 17.4. The molecule has 0 aromatic carbocycles. The number of likely N-dealkylation sites (N-methyl/N-ethyl adjacent to an activating group) is 1. The lowest BCUT2D eigenvalue weighted by molar-refractivity contribution is -0.131. The SMILES string of the molecule is CCCCN(C)CC1CCN(C(=O)CNC)CC1. The summed E-state index contributed by atoms with van der Waals surface area (Å²) in [4.78, 5) is 16.2. The highest BCUT2D eigenvalue weighted by Gasteiger charge is 2.22. The van der Waals surface area contributed by atoms with Gasteiger partial charge in [-0.3, -0.25) is 4.79 Å². The Morgan fingerprint density at radius 1 is 1.39 bits per heavy atom. The first-order valence-electron chi connectivity index (χ1n) is 7.28. The Morgan fingerprint density at radius 2 is 2.06 bits per heavy atom. The first kappa shape index (κ1) is 15.4. The molecule has 0 radical (unpaired) electrons. The third-order valence-corrected chi connectivity index (χ3v) is 3.76. The molecule has 1 saturated heterocycles. The highest BCUT2D eigenvalue weighted by Crippen LogP contribution is 2.18. The number of nitrogens with zero attached hydrogens (tertiary/aromatic N) is 2. The molecule has 0 unspecified atom stereocenters. The van der Waals surface area contributed by atoms with Crippen molar-refractivity contribution in [1.82, 2.24) is 15.1 Å². The molecule has 4 heteroatoms. The van der Waals surface area contributed by atoms with Crippen LogP contribution in [0, 0.1) is 5.92 Å². The van der Waals surface area contributed by atoms with Crippen molar-refractivity contribution in [3.05, 3.63) is 0 Å². The lowest BCUT2D eigenvalue weighted by Crippen LogP contribution is -2.44. The maximum Gasteiger partial charge on any atom is 0.236 e. The van der Waals surface area contributed by atoms with E-state index < -0.39 is 0 Å². The van der Waals surface area contributed by atoms with E-state index >= 15 is 0 Å². The van der Waals surface area contributed by atoms with Crippen LogP contribution in [0.15, 0.2) is 0 Å². The van der Waals surface area contributed by atoms with Gasteiger partial charge < -0.3 is 15.1 Å². The summed E-state index contributed by atoms with van der Waals surface area (Å²) in [6, 6.07) is 0. The molecular weight excluding hydrogens is 226 g/mol. The Hall–Kier alpha value is -0.610. The van der Waals surface area contributed by atoms with Gasteiger partial charge in [0.25, 0.3) is 0 Å². The number of nitrogens with one attached hydrogen (secondary N) is 1. The molecule has 0 aromatic heterocycles. The summed E-state index contributed by atoms with van der Waals surface area (Å²) in [7, 11) is 4.04. The number of carbonyl (C=O) groups is 1. The molecule has 0 aromatic rings. The molecule has 1 aliphatic rings. The molecule has 4 nitrogen and oxygen atoms in total. The molecule has 0 atom stereocenters. The molecule has 0 saturated carbocycles. The zero-order valence-electron chi connectivity index (χ0n) is 12.2. The van der Waals surface area contributed by atoms with Crippen molar-refractivity contribution in [2.24, 2.45) is 5.92 Å². The number of rotatable bonds is 7. The van der Waals surface area contributed by atoms with E-state index in [1.807, 2.05) is 11.9 Å². The summed E-state index contributed by atoms with van der Waals surface area (Å²) >= 11 is 0. The Labute approximate surface area is 112 Å². The van der Waals surface area contributed by atoms with Crippen molar-refractivity contribution in [3.63, 3.8) is 0 Å². The third-order valence-electron chi connectivity index (χ3n) is 3.76. The summed E-state index contributed by atoms with van der Waals surface area (Å²) < 4.78 is 0. The molecule has 1 amide bonds. The van der Waals surface area contributed by atoms with E-state index in [1.54, 1.807) is 0 Å². The van der Waals surface area contributed by atoms with Crippen molar-refractivity contribution in [3.8, 4) is 0 Å². The van der Waals surface area contributed by atoms with Gasteiger partial charge in [0.05, 0.1) is 6.54 Å².